The highest BCUT2D eigenvalue weighted by Crippen LogP contribution is 2.21. The maximum absolute atomic E-state index is 12.4. The van der Waals surface area contributed by atoms with Crippen molar-refractivity contribution in [1.82, 2.24) is 9.80 Å². The van der Waals surface area contributed by atoms with Crippen LogP contribution in [0.5, 0.6) is 0 Å². The summed E-state index contributed by atoms with van der Waals surface area (Å²) in [5.41, 5.74) is 5.93. The van der Waals surface area contributed by atoms with Crippen LogP contribution in [-0.2, 0) is 4.79 Å². The molecule has 0 aromatic rings. The summed E-state index contributed by atoms with van der Waals surface area (Å²) in [5, 5.41) is 0. The molecule has 19 heavy (non-hydrogen) atoms. The molecule has 4 nitrogen and oxygen atoms in total. The van der Waals surface area contributed by atoms with Crippen LogP contribution in [0, 0.1) is 0 Å². The number of amides is 1. The van der Waals surface area contributed by atoms with Gasteiger partial charge in [-0.3, -0.25) is 9.69 Å². The van der Waals surface area contributed by atoms with E-state index < -0.39 is 0 Å². The van der Waals surface area contributed by atoms with Crippen molar-refractivity contribution >= 4 is 5.91 Å². The molecule has 1 saturated carbocycles. The van der Waals surface area contributed by atoms with Crippen molar-refractivity contribution in [1.29, 1.82) is 0 Å². The Labute approximate surface area is 118 Å². The summed E-state index contributed by atoms with van der Waals surface area (Å²) in [6.45, 7) is 8.85. The van der Waals surface area contributed by atoms with E-state index in [1.807, 2.05) is 4.90 Å². The minimum atomic E-state index is 0.238. The third-order valence-electron chi connectivity index (χ3n) is 4.15. The van der Waals surface area contributed by atoms with Gasteiger partial charge in [0.15, 0.2) is 0 Å². The third-order valence-corrected chi connectivity index (χ3v) is 4.15. The van der Waals surface area contributed by atoms with Crippen molar-refractivity contribution in [3.05, 3.63) is 0 Å². The smallest absolute Gasteiger partial charge is 0.237 e. The van der Waals surface area contributed by atoms with Crippen molar-refractivity contribution in [2.75, 3.05) is 13.6 Å². The Hall–Kier alpha value is -0.610. The van der Waals surface area contributed by atoms with E-state index in [1.54, 1.807) is 0 Å². The lowest BCUT2D eigenvalue weighted by Gasteiger charge is -2.36. The standard InChI is InChI=1S/C15H31N3O/c1-11(2)18(12(3)4)15(19)10-17(5)14-8-6-13(16)7-9-14/h11-14H,6-10,16H2,1-5H3. The van der Waals surface area contributed by atoms with Crippen molar-refractivity contribution in [2.24, 2.45) is 5.73 Å². The van der Waals surface area contributed by atoms with E-state index in [1.165, 1.54) is 0 Å². The van der Waals surface area contributed by atoms with Gasteiger partial charge < -0.3 is 10.6 Å². The number of nitrogens with zero attached hydrogens (tertiary/aromatic N) is 2. The van der Waals surface area contributed by atoms with Crippen LogP contribution in [0.4, 0.5) is 0 Å². The summed E-state index contributed by atoms with van der Waals surface area (Å²) in [6.07, 6.45) is 4.41. The van der Waals surface area contributed by atoms with Crippen LogP contribution in [0.3, 0.4) is 0 Å². The molecule has 0 spiro atoms. The predicted octanol–water partition coefficient (Wildman–Crippen LogP) is 1.83. The summed E-state index contributed by atoms with van der Waals surface area (Å²) in [7, 11) is 2.07. The van der Waals surface area contributed by atoms with E-state index in [4.69, 9.17) is 5.73 Å². The minimum absolute atomic E-state index is 0.238. The summed E-state index contributed by atoms with van der Waals surface area (Å²) < 4.78 is 0. The zero-order valence-electron chi connectivity index (χ0n) is 13.2. The largest absolute Gasteiger partial charge is 0.337 e. The Bertz CT molecular complexity index is 275. The Morgan fingerprint density at radius 2 is 1.58 bits per heavy atom. The Kier molecular flexibility index (Phi) is 6.27. The van der Waals surface area contributed by atoms with Crippen LogP contribution in [0.1, 0.15) is 53.4 Å². The van der Waals surface area contributed by atoms with E-state index in [2.05, 4.69) is 39.6 Å². The number of carbonyl (C=O) groups is 1. The van der Waals surface area contributed by atoms with E-state index >= 15 is 0 Å². The van der Waals surface area contributed by atoms with Crippen LogP contribution in [0.25, 0.3) is 0 Å². The predicted molar refractivity (Wildman–Crippen MR) is 80.0 cm³/mol. The van der Waals surface area contributed by atoms with Gasteiger partial charge in [-0.1, -0.05) is 0 Å². The zero-order valence-corrected chi connectivity index (χ0v) is 13.2. The second kappa shape index (κ2) is 7.25. The lowest BCUT2D eigenvalue weighted by atomic mass is 9.91. The lowest BCUT2D eigenvalue weighted by molar-refractivity contribution is -0.136. The summed E-state index contributed by atoms with van der Waals surface area (Å²) in [5.74, 6) is 0.238. The van der Waals surface area contributed by atoms with Gasteiger partial charge in [-0.05, 0) is 60.4 Å². The molecule has 1 rings (SSSR count). The summed E-state index contributed by atoms with van der Waals surface area (Å²) in [6, 6.07) is 1.41. The average molecular weight is 269 g/mol. The molecule has 112 valence electrons. The fourth-order valence-corrected chi connectivity index (χ4v) is 3.14. The fraction of sp³-hybridized carbons (Fsp3) is 0.933. The number of nitrogens with two attached hydrogens (primary N) is 1. The fourth-order valence-electron chi connectivity index (χ4n) is 3.14. The molecule has 0 saturated heterocycles. The molecule has 4 heteroatoms. The molecule has 0 radical (unpaired) electrons. The van der Waals surface area contributed by atoms with E-state index in [0.29, 0.717) is 18.6 Å². The first kappa shape index (κ1) is 16.4. The number of hydrogen-bond acceptors (Lipinski definition) is 3. The zero-order chi connectivity index (χ0) is 14.6. The van der Waals surface area contributed by atoms with Crippen molar-refractivity contribution < 1.29 is 4.79 Å². The maximum Gasteiger partial charge on any atom is 0.237 e. The Morgan fingerprint density at radius 3 is 2.00 bits per heavy atom. The van der Waals surface area contributed by atoms with Gasteiger partial charge in [0, 0.05) is 24.2 Å². The number of likely N-dealkylation sites (N-methyl/N-ethyl adjacent to an activating group) is 1. The minimum Gasteiger partial charge on any atom is -0.337 e. The molecule has 0 atom stereocenters. The van der Waals surface area contributed by atoms with Gasteiger partial charge in [0.05, 0.1) is 6.54 Å². The van der Waals surface area contributed by atoms with E-state index in [9.17, 15) is 4.79 Å². The molecular weight excluding hydrogens is 238 g/mol. The van der Waals surface area contributed by atoms with Gasteiger partial charge in [0.1, 0.15) is 0 Å². The van der Waals surface area contributed by atoms with Crippen LogP contribution in [-0.4, -0.2) is 53.5 Å². The molecule has 1 aliphatic rings. The molecule has 2 N–H and O–H groups in total. The van der Waals surface area contributed by atoms with Gasteiger partial charge >= 0.3 is 0 Å². The first-order chi connectivity index (χ1) is 8.82. The van der Waals surface area contributed by atoms with Gasteiger partial charge in [-0.2, -0.15) is 0 Å². The van der Waals surface area contributed by atoms with Crippen molar-refractivity contribution in [3.8, 4) is 0 Å². The summed E-state index contributed by atoms with van der Waals surface area (Å²) >= 11 is 0. The molecule has 1 amide bonds. The third kappa shape index (κ3) is 4.77. The number of carbonyl (C=O) groups excluding carboxylic acids is 1. The Balaban J connectivity index is 2.51. The SMILES string of the molecule is CC(C)N(C(=O)CN(C)C1CCC(N)CC1)C(C)C. The molecule has 0 heterocycles. The van der Waals surface area contributed by atoms with Crippen LogP contribution >= 0.6 is 0 Å². The van der Waals surface area contributed by atoms with Gasteiger partial charge in [-0.25, -0.2) is 0 Å². The van der Waals surface area contributed by atoms with Gasteiger partial charge in [0.25, 0.3) is 0 Å². The van der Waals surface area contributed by atoms with Crippen LogP contribution in [0.2, 0.25) is 0 Å². The molecule has 0 aliphatic heterocycles. The number of hydrogen-bond donors (Lipinski definition) is 1. The molecule has 0 aromatic carbocycles. The lowest BCUT2D eigenvalue weighted by Crippen LogP contribution is -2.49. The highest BCUT2D eigenvalue weighted by Gasteiger charge is 2.26. The molecule has 1 aliphatic carbocycles. The normalized spacial score (nSPS) is 24.3. The van der Waals surface area contributed by atoms with Crippen LogP contribution in [0.15, 0.2) is 0 Å². The quantitative estimate of drug-likeness (QED) is 0.828. The number of rotatable bonds is 5. The monoisotopic (exact) mass is 269 g/mol. The van der Waals surface area contributed by atoms with Gasteiger partial charge in [0.2, 0.25) is 5.91 Å². The molecule has 1 fully saturated rings. The summed E-state index contributed by atoms with van der Waals surface area (Å²) in [4.78, 5) is 16.6. The van der Waals surface area contributed by atoms with Gasteiger partial charge in [-0.15, -0.1) is 0 Å². The topological polar surface area (TPSA) is 49.6 Å². The van der Waals surface area contributed by atoms with E-state index in [-0.39, 0.29) is 18.0 Å². The second-order valence-electron chi connectivity index (χ2n) is 6.47. The van der Waals surface area contributed by atoms with Crippen molar-refractivity contribution in [3.63, 3.8) is 0 Å². The second-order valence-corrected chi connectivity index (χ2v) is 6.47. The van der Waals surface area contributed by atoms with Crippen LogP contribution < -0.4 is 5.73 Å². The molecular formula is C15H31N3O. The first-order valence-electron chi connectivity index (χ1n) is 7.60. The average Bonchev–Trinajstić information content (AvgIpc) is 2.28. The molecule has 0 unspecified atom stereocenters. The van der Waals surface area contributed by atoms with Crippen molar-refractivity contribution in [2.45, 2.75) is 77.5 Å². The Morgan fingerprint density at radius 1 is 1.11 bits per heavy atom. The molecule has 0 aromatic heterocycles. The first-order valence-corrected chi connectivity index (χ1v) is 7.60. The maximum atomic E-state index is 12.4. The highest BCUT2D eigenvalue weighted by atomic mass is 16.2. The molecule has 0 bridgehead atoms. The van der Waals surface area contributed by atoms with E-state index in [0.717, 1.165) is 25.7 Å². The highest BCUT2D eigenvalue weighted by molar-refractivity contribution is 5.78.